The molecule has 2 aliphatic carbocycles. The third-order valence-electron chi connectivity index (χ3n) is 4.30. The zero-order valence-electron chi connectivity index (χ0n) is 11.2. The fraction of sp³-hybridized carbons (Fsp3) is 0.857. The molecule has 1 amide bonds. The lowest BCUT2D eigenvalue weighted by Gasteiger charge is -2.32. The number of hydrogen-bond donors (Lipinski definition) is 0. The number of hydrogen-bond acceptors (Lipinski definition) is 3. The van der Waals surface area contributed by atoms with Crippen LogP contribution in [0.25, 0.3) is 0 Å². The minimum absolute atomic E-state index is 0.132. The first-order valence-corrected chi connectivity index (χ1v) is 7.07. The van der Waals surface area contributed by atoms with Gasteiger partial charge in [0.15, 0.2) is 0 Å². The van der Waals surface area contributed by atoms with E-state index >= 15 is 0 Å². The van der Waals surface area contributed by atoms with E-state index in [9.17, 15) is 9.59 Å². The van der Waals surface area contributed by atoms with Crippen LogP contribution < -0.4 is 0 Å². The second kappa shape index (κ2) is 6.21. The summed E-state index contributed by atoms with van der Waals surface area (Å²) in [4.78, 5) is 25.5. The molecule has 0 aromatic rings. The maximum Gasteiger partial charge on any atom is 0.325 e. The fourth-order valence-corrected chi connectivity index (χ4v) is 2.90. The van der Waals surface area contributed by atoms with Crippen molar-refractivity contribution < 1.29 is 14.3 Å². The topological polar surface area (TPSA) is 46.6 Å². The largest absolute Gasteiger partial charge is 0.468 e. The monoisotopic (exact) mass is 253 g/mol. The number of carbonyl (C=O) groups is 2. The lowest BCUT2D eigenvalue weighted by molar-refractivity contribution is -0.149. The number of amides is 1. The molecule has 0 N–H and O–H groups in total. The summed E-state index contributed by atoms with van der Waals surface area (Å²) in [7, 11) is 1.38. The van der Waals surface area contributed by atoms with Gasteiger partial charge in [0.25, 0.3) is 0 Å². The summed E-state index contributed by atoms with van der Waals surface area (Å²) in [6.07, 6.45) is 8.61. The van der Waals surface area contributed by atoms with E-state index in [1.165, 1.54) is 39.2 Å². The predicted octanol–water partition coefficient (Wildman–Crippen LogP) is 2.12. The Morgan fingerprint density at radius 1 is 1.11 bits per heavy atom. The van der Waals surface area contributed by atoms with Crippen LogP contribution in [0, 0.1) is 5.92 Å². The molecule has 102 valence electrons. The Hall–Kier alpha value is -1.06. The minimum Gasteiger partial charge on any atom is -0.468 e. The van der Waals surface area contributed by atoms with Gasteiger partial charge in [-0.1, -0.05) is 19.3 Å². The van der Waals surface area contributed by atoms with Gasteiger partial charge in [0, 0.05) is 12.5 Å². The molecule has 2 saturated carbocycles. The second-order valence-electron chi connectivity index (χ2n) is 5.54. The first-order chi connectivity index (χ1) is 8.70. The van der Waals surface area contributed by atoms with E-state index in [0.29, 0.717) is 12.3 Å². The molecule has 0 aromatic heterocycles. The van der Waals surface area contributed by atoms with E-state index in [1.54, 1.807) is 4.90 Å². The van der Waals surface area contributed by atoms with Crippen molar-refractivity contribution in [1.82, 2.24) is 4.90 Å². The van der Waals surface area contributed by atoms with Crippen molar-refractivity contribution in [3.05, 3.63) is 0 Å². The highest BCUT2D eigenvalue weighted by molar-refractivity contribution is 5.82. The van der Waals surface area contributed by atoms with Gasteiger partial charge in [0.05, 0.1) is 7.11 Å². The van der Waals surface area contributed by atoms with Crippen molar-refractivity contribution >= 4 is 11.9 Å². The van der Waals surface area contributed by atoms with Crippen LogP contribution in [-0.4, -0.2) is 36.5 Å². The van der Waals surface area contributed by atoms with Crippen molar-refractivity contribution in [3.63, 3.8) is 0 Å². The Morgan fingerprint density at radius 3 is 2.28 bits per heavy atom. The van der Waals surface area contributed by atoms with Gasteiger partial charge < -0.3 is 9.64 Å². The first-order valence-electron chi connectivity index (χ1n) is 7.07. The molecule has 4 nitrogen and oxygen atoms in total. The summed E-state index contributed by atoms with van der Waals surface area (Å²) < 4.78 is 4.70. The number of esters is 1. The normalized spacial score (nSPS) is 20.5. The highest BCUT2D eigenvalue weighted by Crippen LogP contribution is 2.31. The smallest absolute Gasteiger partial charge is 0.325 e. The van der Waals surface area contributed by atoms with Gasteiger partial charge in [-0.2, -0.15) is 0 Å². The van der Waals surface area contributed by atoms with Crippen LogP contribution in [0.15, 0.2) is 0 Å². The van der Waals surface area contributed by atoms with E-state index in [4.69, 9.17) is 4.74 Å². The van der Waals surface area contributed by atoms with Crippen molar-refractivity contribution in [3.8, 4) is 0 Å². The molecule has 0 aromatic carbocycles. The molecule has 0 heterocycles. The Balaban J connectivity index is 1.92. The van der Waals surface area contributed by atoms with Crippen molar-refractivity contribution in [2.75, 3.05) is 13.7 Å². The number of carbonyl (C=O) groups excluding carboxylic acids is 2. The number of methoxy groups -OCH3 is 1. The molecular weight excluding hydrogens is 230 g/mol. The molecular formula is C14H23NO3. The van der Waals surface area contributed by atoms with Gasteiger partial charge in [-0.3, -0.25) is 9.59 Å². The summed E-state index contributed by atoms with van der Waals surface area (Å²) in [5.41, 5.74) is 0. The van der Waals surface area contributed by atoms with Gasteiger partial charge in [-0.15, -0.1) is 0 Å². The zero-order chi connectivity index (χ0) is 13.0. The van der Waals surface area contributed by atoms with Crippen molar-refractivity contribution in [2.45, 2.75) is 57.4 Å². The van der Waals surface area contributed by atoms with Crippen LogP contribution >= 0.6 is 0 Å². The molecule has 0 unspecified atom stereocenters. The Labute approximate surface area is 109 Å². The molecule has 0 bridgehead atoms. The summed E-state index contributed by atoms with van der Waals surface area (Å²) in [5.74, 6) is 0.403. The predicted molar refractivity (Wildman–Crippen MR) is 67.9 cm³/mol. The maximum absolute atomic E-state index is 12.3. The lowest BCUT2D eigenvalue weighted by atomic mass is 9.82. The highest BCUT2D eigenvalue weighted by Gasteiger charge is 2.31. The average Bonchev–Trinajstić information content (AvgIpc) is 2.83. The van der Waals surface area contributed by atoms with Crippen molar-refractivity contribution in [1.29, 1.82) is 0 Å². The van der Waals surface area contributed by atoms with Gasteiger partial charge in [-0.25, -0.2) is 0 Å². The summed E-state index contributed by atoms with van der Waals surface area (Å²) in [5, 5.41) is 0. The fourth-order valence-electron chi connectivity index (χ4n) is 2.90. The molecule has 0 aliphatic heterocycles. The first kappa shape index (κ1) is 13.4. The molecule has 2 aliphatic rings. The van der Waals surface area contributed by atoms with E-state index < -0.39 is 0 Å². The Kier molecular flexibility index (Phi) is 4.61. The second-order valence-corrected chi connectivity index (χ2v) is 5.54. The zero-order valence-corrected chi connectivity index (χ0v) is 11.2. The molecule has 0 radical (unpaired) electrons. The van der Waals surface area contributed by atoms with E-state index in [1.807, 2.05) is 0 Å². The molecule has 4 heteroatoms. The van der Waals surface area contributed by atoms with Crippen LogP contribution in [0.3, 0.4) is 0 Å². The van der Waals surface area contributed by atoms with Crippen LogP contribution in [-0.2, 0) is 14.3 Å². The molecule has 0 spiro atoms. The average molecular weight is 253 g/mol. The van der Waals surface area contributed by atoms with Crippen LogP contribution in [0.1, 0.15) is 51.4 Å². The molecule has 18 heavy (non-hydrogen) atoms. The Morgan fingerprint density at radius 2 is 1.78 bits per heavy atom. The van der Waals surface area contributed by atoms with Gasteiger partial charge in [0.1, 0.15) is 6.54 Å². The minimum atomic E-state index is -0.302. The number of rotatable bonds is 5. The lowest BCUT2D eigenvalue weighted by Crippen LogP contribution is -2.43. The SMILES string of the molecule is COC(=O)CN(C(=O)CC1CCC1)C1CCCC1. The molecule has 0 atom stereocenters. The molecule has 0 saturated heterocycles. The third-order valence-corrected chi connectivity index (χ3v) is 4.30. The molecule has 2 fully saturated rings. The summed E-state index contributed by atoms with van der Waals surface area (Å²) >= 11 is 0. The van der Waals surface area contributed by atoms with Crippen LogP contribution in [0.5, 0.6) is 0 Å². The summed E-state index contributed by atoms with van der Waals surface area (Å²) in [6.45, 7) is 0.132. The maximum atomic E-state index is 12.3. The van der Waals surface area contributed by atoms with Crippen LogP contribution in [0.2, 0.25) is 0 Å². The van der Waals surface area contributed by atoms with E-state index in [0.717, 1.165) is 12.8 Å². The number of ether oxygens (including phenoxy) is 1. The van der Waals surface area contributed by atoms with Crippen LogP contribution in [0.4, 0.5) is 0 Å². The summed E-state index contributed by atoms with van der Waals surface area (Å²) in [6, 6.07) is 0.261. The standard InChI is InChI=1S/C14H23NO3/c1-18-14(17)10-15(12-7-2-3-8-12)13(16)9-11-5-4-6-11/h11-12H,2-10H2,1H3. The van der Waals surface area contributed by atoms with E-state index in [-0.39, 0.29) is 24.5 Å². The van der Waals surface area contributed by atoms with Gasteiger partial charge >= 0.3 is 5.97 Å². The van der Waals surface area contributed by atoms with E-state index in [2.05, 4.69) is 0 Å². The van der Waals surface area contributed by atoms with Crippen molar-refractivity contribution in [2.24, 2.45) is 5.92 Å². The Bertz CT molecular complexity index is 306. The van der Waals surface area contributed by atoms with Gasteiger partial charge in [-0.05, 0) is 31.6 Å². The molecule has 2 rings (SSSR count). The van der Waals surface area contributed by atoms with Gasteiger partial charge in [0.2, 0.25) is 5.91 Å². The number of nitrogens with zero attached hydrogens (tertiary/aromatic N) is 1. The highest BCUT2D eigenvalue weighted by atomic mass is 16.5. The quantitative estimate of drug-likeness (QED) is 0.705. The third kappa shape index (κ3) is 3.24.